The second-order valence-electron chi connectivity index (χ2n) is 5.38. The van der Waals surface area contributed by atoms with Crippen molar-refractivity contribution in [3.8, 4) is 11.3 Å². The van der Waals surface area contributed by atoms with Gasteiger partial charge in [-0.25, -0.2) is 9.97 Å². The fourth-order valence-corrected chi connectivity index (χ4v) is 2.14. The smallest absolute Gasteiger partial charge is 0.136 e. The second kappa shape index (κ2) is 4.99. The van der Waals surface area contributed by atoms with Gasteiger partial charge in [0.15, 0.2) is 0 Å². The maximum atomic E-state index is 6.20. The molecule has 19 heavy (non-hydrogen) atoms. The number of anilines is 1. The quantitative estimate of drug-likeness (QED) is 0.852. The number of halogens is 2. The molecule has 0 atom stereocenters. The molecule has 2 N–H and O–H groups in total. The molecule has 1 aromatic carbocycles. The van der Waals surface area contributed by atoms with Crippen LogP contribution in [0.1, 0.15) is 26.6 Å². The highest BCUT2D eigenvalue weighted by Gasteiger charge is 2.19. The van der Waals surface area contributed by atoms with E-state index in [4.69, 9.17) is 28.9 Å². The molecule has 0 spiro atoms. The Morgan fingerprint density at radius 2 is 1.74 bits per heavy atom. The summed E-state index contributed by atoms with van der Waals surface area (Å²) in [5.41, 5.74) is 7.18. The van der Waals surface area contributed by atoms with Gasteiger partial charge in [0.1, 0.15) is 11.6 Å². The van der Waals surface area contributed by atoms with E-state index in [-0.39, 0.29) is 5.41 Å². The summed E-state index contributed by atoms with van der Waals surface area (Å²) in [6.45, 7) is 6.11. The Balaban J connectivity index is 2.59. The molecule has 0 aliphatic rings. The standard InChI is InChI=1S/C14H15Cl2N3/c1-14(2,3)13-18-11(7-12(17)19-13)9-5-4-8(15)6-10(9)16/h4-7H,1-3H3,(H2,17,18,19). The van der Waals surface area contributed by atoms with Crippen LogP contribution in [-0.2, 0) is 5.41 Å². The predicted molar refractivity (Wildman–Crippen MR) is 80.6 cm³/mol. The Morgan fingerprint density at radius 1 is 1.05 bits per heavy atom. The van der Waals surface area contributed by atoms with Crippen LogP contribution in [-0.4, -0.2) is 9.97 Å². The summed E-state index contributed by atoms with van der Waals surface area (Å²) in [7, 11) is 0. The number of nitrogens with two attached hydrogens (primary N) is 1. The molecule has 0 unspecified atom stereocenters. The van der Waals surface area contributed by atoms with Crippen molar-refractivity contribution in [1.82, 2.24) is 9.97 Å². The molecule has 5 heteroatoms. The Morgan fingerprint density at radius 3 is 2.32 bits per heavy atom. The molecule has 0 bridgehead atoms. The highest BCUT2D eigenvalue weighted by molar-refractivity contribution is 6.36. The minimum absolute atomic E-state index is 0.178. The van der Waals surface area contributed by atoms with Crippen molar-refractivity contribution >= 4 is 29.0 Å². The van der Waals surface area contributed by atoms with Gasteiger partial charge in [-0.05, 0) is 18.2 Å². The van der Waals surface area contributed by atoms with E-state index in [1.54, 1.807) is 18.2 Å². The molecule has 0 saturated heterocycles. The van der Waals surface area contributed by atoms with Crippen molar-refractivity contribution in [2.24, 2.45) is 0 Å². The second-order valence-corrected chi connectivity index (χ2v) is 6.22. The maximum Gasteiger partial charge on any atom is 0.136 e. The van der Waals surface area contributed by atoms with Crippen molar-refractivity contribution in [3.05, 3.63) is 40.1 Å². The molecule has 3 nitrogen and oxygen atoms in total. The van der Waals surface area contributed by atoms with E-state index in [0.29, 0.717) is 27.4 Å². The lowest BCUT2D eigenvalue weighted by Crippen LogP contribution is -2.17. The summed E-state index contributed by atoms with van der Waals surface area (Å²) >= 11 is 12.1. The van der Waals surface area contributed by atoms with Crippen molar-refractivity contribution < 1.29 is 0 Å². The molecule has 0 radical (unpaired) electrons. The van der Waals surface area contributed by atoms with Crippen LogP contribution in [0.25, 0.3) is 11.3 Å². The van der Waals surface area contributed by atoms with Crippen LogP contribution in [0.15, 0.2) is 24.3 Å². The first-order valence-electron chi connectivity index (χ1n) is 5.88. The molecular weight excluding hydrogens is 281 g/mol. The molecule has 2 aromatic rings. The summed E-state index contributed by atoms with van der Waals surface area (Å²) < 4.78 is 0. The largest absolute Gasteiger partial charge is 0.384 e. The zero-order chi connectivity index (χ0) is 14.2. The topological polar surface area (TPSA) is 51.8 Å². The number of nitrogen functional groups attached to an aromatic ring is 1. The Bertz CT molecular complexity index is 619. The monoisotopic (exact) mass is 295 g/mol. The summed E-state index contributed by atoms with van der Waals surface area (Å²) in [6.07, 6.45) is 0. The van der Waals surface area contributed by atoms with Gasteiger partial charge in [0.05, 0.1) is 10.7 Å². The minimum atomic E-state index is -0.178. The van der Waals surface area contributed by atoms with Crippen LogP contribution < -0.4 is 5.73 Å². The van der Waals surface area contributed by atoms with Gasteiger partial charge in [-0.3, -0.25) is 0 Å². The Kier molecular flexibility index (Phi) is 3.70. The normalized spacial score (nSPS) is 11.6. The molecule has 0 saturated carbocycles. The molecule has 0 aliphatic heterocycles. The SMILES string of the molecule is CC(C)(C)c1nc(N)cc(-c2ccc(Cl)cc2Cl)n1. The molecule has 1 heterocycles. The summed E-state index contributed by atoms with van der Waals surface area (Å²) in [6, 6.07) is 7.01. The van der Waals surface area contributed by atoms with E-state index in [0.717, 1.165) is 5.56 Å². The zero-order valence-electron chi connectivity index (χ0n) is 11.0. The van der Waals surface area contributed by atoms with Crippen molar-refractivity contribution in [3.63, 3.8) is 0 Å². The number of hydrogen-bond donors (Lipinski definition) is 1. The molecule has 1 aromatic heterocycles. The molecule has 0 fully saturated rings. The lowest BCUT2D eigenvalue weighted by atomic mass is 9.95. The summed E-state index contributed by atoms with van der Waals surface area (Å²) in [5.74, 6) is 1.12. The third-order valence-electron chi connectivity index (χ3n) is 2.62. The van der Waals surface area contributed by atoms with Crippen LogP contribution >= 0.6 is 23.2 Å². The van der Waals surface area contributed by atoms with Crippen molar-refractivity contribution in [2.45, 2.75) is 26.2 Å². The highest BCUT2D eigenvalue weighted by atomic mass is 35.5. The maximum absolute atomic E-state index is 6.20. The van der Waals surface area contributed by atoms with Gasteiger partial charge in [-0.1, -0.05) is 44.0 Å². The van der Waals surface area contributed by atoms with E-state index >= 15 is 0 Å². The number of nitrogens with zero attached hydrogens (tertiary/aromatic N) is 2. The van der Waals surface area contributed by atoms with Gasteiger partial charge in [0.25, 0.3) is 0 Å². The first-order valence-corrected chi connectivity index (χ1v) is 6.63. The van der Waals surface area contributed by atoms with Crippen molar-refractivity contribution in [1.29, 1.82) is 0 Å². The highest BCUT2D eigenvalue weighted by Crippen LogP contribution is 2.31. The Labute approximate surface area is 122 Å². The lowest BCUT2D eigenvalue weighted by Gasteiger charge is -2.18. The van der Waals surface area contributed by atoms with E-state index in [1.807, 2.05) is 26.8 Å². The van der Waals surface area contributed by atoms with Gasteiger partial charge < -0.3 is 5.73 Å². The van der Waals surface area contributed by atoms with Gasteiger partial charge in [0, 0.05) is 22.1 Å². The van der Waals surface area contributed by atoms with Crippen LogP contribution in [0.5, 0.6) is 0 Å². The van der Waals surface area contributed by atoms with E-state index in [9.17, 15) is 0 Å². The average molecular weight is 296 g/mol. The predicted octanol–water partition coefficient (Wildman–Crippen LogP) is 4.33. The number of benzene rings is 1. The minimum Gasteiger partial charge on any atom is -0.384 e. The summed E-state index contributed by atoms with van der Waals surface area (Å²) in [4.78, 5) is 8.82. The Hall–Kier alpha value is -1.32. The first kappa shape index (κ1) is 14.1. The fraction of sp³-hybridized carbons (Fsp3) is 0.286. The van der Waals surface area contributed by atoms with Crippen LogP contribution in [0.2, 0.25) is 10.0 Å². The third-order valence-corrected chi connectivity index (χ3v) is 3.17. The average Bonchev–Trinajstić information content (AvgIpc) is 2.26. The van der Waals surface area contributed by atoms with Crippen LogP contribution in [0, 0.1) is 0 Å². The van der Waals surface area contributed by atoms with Crippen LogP contribution in [0.4, 0.5) is 5.82 Å². The molecular formula is C14H15Cl2N3. The molecule has 0 amide bonds. The van der Waals surface area contributed by atoms with Crippen molar-refractivity contribution in [2.75, 3.05) is 5.73 Å². The van der Waals surface area contributed by atoms with E-state index in [1.165, 1.54) is 0 Å². The fourth-order valence-electron chi connectivity index (χ4n) is 1.64. The van der Waals surface area contributed by atoms with Gasteiger partial charge in [-0.15, -0.1) is 0 Å². The zero-order valence-corrected chi connectivity index (χ0v) is 12.5. The van der Waals surface area contributed by atoms with E-state index in [2.05, 4.69) is 9.97 Å². The van der Waals surface area contributed by atoms with Gasteiger partial charge in [-0.2, -0.15) is 0 Å². The number of aromatic nitrogens is 2. The van der Waals surface area contributed by atoms with Crippen LogP contribution in [0.3, 0.4) is 0 Å². The number of rotatable bonds is 1. The molecule has 100 valence electrons. The third kappa shape index (κ3) is 3.17. The van der Waals surface area contributed by atoms with Gasteiger partial charge in [0.2, 0.25) is 0 Å². The van der Waals surface area contributed by atoms with Gasteiger partial charge >= 0.3 is 0 Å². The summed E-state index contributed by atoms with van der Waals surface area (Å²) in [5, 5.41) is 1.14. The molecule has 0 aliphatic carbocycles. The number of hydrogen-bond acceptors (Lipinski definition) is 3. The molecule has 2 rings (SSSR count). The van der Waals surface area contributed by atoms with E-state index < -0.39 is 0 Å². The first-order chi connectivity index (χ1) is 8.77. The lowest BCUT2D eigenvalue weighted by molar-refractivity contribution is 0.547.